The van der Waals surface area contributed by atoms with Gasteiger partial charge in [0, 0.05) is 37.2 Å². The summed E-state index contributed by atoms with van der Waals surface area (Å²) >= 11 is 0. The van der Waals surface area contributed by atoms with Crippen LogP contribution in [0.2, 0.25) is 0 Å². The molecular formula is C20H24N4O5S. The van der Waals surface area contributed by atoms with Gasteiger partial charge in [-0.05, 0) is 37.5 Å². The van der Waals surface area contributed by atoms with Gasteiger partial charge in [-0.2, -0.15) is 5.10 Å². The topological polar surface area (TPSA) is 116 Å². The lowest BCUT2D eigenvalue weighted by atomic mass is 10.1. The van der Waals surface area contributed by atoms with Gasteiger partial charge in [0.05, 0.1) is 17.5 Å². The summed E-state index contributed by atoms with van der Waals surface area (Å²) in [6.07, 6.45) is 2.62. The standard InChI is InChI=1S/C20H24N4O5S/c25-18-7-6-17(22-24(18)16-8-11-30(28,29)13-16)19(26)21-15-5-3-4-14(12-15)20(27)23-9-1-2-10-23/h3-5,12,16H,1-2,6-11,13H2,(H,21,26)/t16-/m1/s1. The maximum absolute atomic E-state index is 12.7. The van der Waals surface area contributed by atoms with Gasteiger partial charge in [0.1, 0.15) is 5.71 Å². The van der Waals surface area contributed by atoms with Crippen LogP contribution in [0, 0.1) is 0 Å². The molecule has 3 amide bonds. The van der Waals surface area contributed by atoms with E-state index in [1.165, 1.54) is 0 Å². The number of hydrogen-bond acceptors (Lipinski definition) is 6. The predicted molar refractivity (Wildman–Crippen MR) is 111 cm³/mol. The fourth-order valence-corrected chi connectivity index (χ4v) is 5.72. The Morgan fingerprint density at radius 2 is 1.90 bits per heavy atom. The zero-order valence-electron chi connectivity index (χ0n) is 16.5. The number of nitrogens with one attached hydrogen (secondary N) is 1. The normalized spacial score (nSPS) is 23.4. The summed E-state index contributed by atoms with van der Waals surface area (Å²) in [6, 6.07) is 6.23. The third-order valence-corrected chi connectivity index (χ3v) is 7.39. The molecule has 160 valence electrons. The smallest absolute Gasteiger partial charge is 0.271 e. The number of carbonyl (C=O) groups excluding carboxylic acids is 3. The molecule has 3 aliphatic heterocycles. The van der Waals surface area contributed by atoms with E-state index in [9.17, 15) is 22.8 Å². The van der Waals surface area contributed by atoms with Gasteiger partial charge in [-0.3, -0.25) is 14.4 Å². The lowest BCUT2D eigenvalue weighted by Gasteiger charge is -2.27. The molecule has 9 nitrogen and oxygen atoms in total. The highest BCUT2D eigenvalue weighted by atomic mass is 32.2. The van der Waals surface area contributed by atoms with E-state index in [1.807, 2.05) is 0 Å². The second kappa shape index (κ2) is 8.17. The van der Waals surface area contributed by atoms with Crippen molar-refractivity contribution in [2.24, 2.45) is 5.10 Å². The van der Waals surface area contributed by atoms with Crippen LogP contribution in [0.3, 0.4) is 0 Å². The molecule has 0 unspecified atom stereocenters. The highest BCUT2D eigenvalue weighted by Crippen LogP contribution is 2.23. The fraction of sp³-hybridized carbons (Fsp3) is 0.500. The highest BCUT2D eigenvalue weighted by molar-refractivity contribution is 7.91. The van der Waals surface area contributed by atoms with Crippen molar-refractivity contribution < 1.29 is 22.8 Å². The lowest BCUT2D eigenvalue weighted by Crippen LogP contribution is -2.42. The maximum atomic E-state index is 12.7. The first kappa shape index (κ1) is 20.5. The lowest BCUT2D eigenvalue weighted by molar-refractivity contribution is -0.133. The molecule has 10 heteroatoms. The van der Waals surface area contributed by atoms with E-state index >= 15 is 0 Å². The van der Waals surface area contributed by atoms with E-state index in [0.29, 0.717) is 17.7 Å². The molecule has 1 atom stereocenters. The molecule has 1 aromatic rings. The van der Waals surface area contributed by atoms with Gasteiger partial charge in [0.25, 0.3) is 11.8 Å². The van der Waals surface area contributed by atoms with Crippen molar-refractivity contribution in [2.75, 3.05) is 29.9 Å². The molecule has 0 saturated carbocycles. The van der Waals surface area contributed by atoms with E-state index in [4.69, 9.17) is 0 Å². The van der Waals surface area contributed by atoms with Crippen LogP contribution in [0.15, 0.2) is 29.4 Å². The fourth-order valence-electron chi connectivity index (χ4n) is 4.02. The molecule has 0 spiro atoms. The molecule has 30 heavy (non-hydrogen) atoms. The van der Waals surface area contributed by atoms with E-state index in [0.717, 1.165) is 30.9 Å². The van der Waals surface area contributed by atoms with Gasteiger partial charge >= 0.3 is 0 Å². The zero-order valence-corrected chi connectivity index (χ0v) is 17.4. The maximum Gasteiger partial charge on any atom is 0.271 e. The SMILES string of the molecule is O=C(Nc1cccc(C(=O)N2CCCC2)c1)C1=NN([C@@H]2CCS(=O)(=O)C2)C(=O)CC1. The second-order valence-electron chi connectivity index (χ2n) is 7.88. The number of nitrogens with zero attached hydrogens (tertiary/aromatic N) is 3. The van der Waals surface area contributed by atoms with E-state index < -0.39 is 21.8 Å². The number of benzene rings is 1. The van der Waals surface area contributed by atoms with E-state index in [2.05, 4.69) is 10.4 Å². The molecular weight excluding hydrogens is 408 g/mol. The van der Waals surface area contributed by atoms with Crippen LogP contribution in [0.1, 0.15) is 42.5 Å². The summed E-state index contributed by atoms with van der Waals surface area (Å²) in [6.45, 7) is 1.49. The van der Waals surface area contributed by atoms with Crippen molar-refractivity contribution in [2.45, 2.75) is 38.1 Å². The van der Waals surface area contributed by atoms with Crippen LogP contribution in [0.5, 0.6) is 0 Å². The van der Waals surface area contributed by atoms with Crippen LogP contribution in [-0.2, 0) is 19.4 Å². The molecule has 4 rings (SSSR count). The quantitative estimate of drug-likeness (QED) is 0.763. The minimum atomic E-state index is -3.17. The minimum Gasteiger partial charge on any atom is -0.339 e. The summed E-state index contributed by atoms with van der Waals surface area (Å²) < 4.78 is 23.5. The van der Waals surface area contributed by atoms with Gasteiger partial charge in [0.2, 0.25) is 5.91 Å². The predicted octanol–water partition coefficient (Wildman–Crippen LogP) is 1.03. The van der Waals surface area contributed by atoms with Crippen molar-refractivity contribution in [3.05, 3.63) is 29.8 Å². The molecule has 0 bridgehead atoms. The molecule has 1 aromatic carbocycles. The Labute approximate surface area is 175 Å². The number of hydrogen-bond donors (Lipinski definition) is 1. The Kier molecular flexibility index (Phi) is 5.59. The molecule has 2 fully saturated rings. The Hall–Kier alpha value is -2.75. The number of anilines is 1. The number of amides is 3. The Bertz CT molecular complexity index is 1010. The zero-order chi connectivity index (χ0) is 21.3. The van der Waals surface area contributed by atoms with Crippen molar-refractivity contribution >= 4 is 39.0 Å². The van der Waals surface area contributed by atoms with Crippen LogP contribution < -0.4 is 5.32 Å². The third kappa shape index (κ3) is 4.38. The van der Waals surface area contributed by atoms with Crippen molar-refractivity contribution in [1.82, 2.24) is 9.91 Å². The number of rotatable bonds is 4. The molecule has 1 N–H and O–H groups in total. The minimum absolute atomic E-state index is 0.0241. The average Bonchev–Trinajstić information content (AvgIpc) is 3.37. The van der Waals surface area contributed by atoms with Gasteiger partial charge in [-0.1, -0.05) is 6.07 Å². The van der Waals surface area contributed by atoms with Crippen molar-refractivity contribution in [1.29, 1.82) is 0 Å². The van der Waals surface area contributed by atoms with E-state index in [-0.39, 0.29) is 41.9 Å². The van der Waals surface area contributed by atoms with Gasteiger partial charge in [-0.15, -0.1) is 0 Å². The molecule has 0 aromatic heterocycles. The Balaban J connectivity index is 1.47. The summed E-state index contributed by atoms with van der Waals surface area (Å²) in [5.41, 5.74) is 1.16. The summed E-state index contributed by atoms with van der Waals surface area (Å²) in [7, 11) is -3.17. The van der Waals surface area contributed by atoms with Gasteiger partial charge in [0.15, 0.2) is 9.84 Å². The van der Waals surface area contributed by atoms with Crippen LogP contribution in [0.25, 0.3) is 0 Å². The third-order valence-electron chi connectivity index (χ3n) is 5.64. The first-order valence-electron chi connectivity index (χ1n) is 10.1. The number of hydrazone groups is 1. The van der Waals surface area contributed by atoms with E-state index in [1.54, 1.807) is 29.2 Å². The first-order chi connectivity index (χ1) is 14.3. The summed E-state index contributed by atoms with van der Waals surface area (Å²) in [4.78, 5) is 39.3. The van der Waals surface area contributed by atoms with Crippen molar-refractivity contribution in [3.8, 4) is 0 Å². The summed E-state index contributed by atoms with van der Waals surface area (Å²) in [5.74, 6) is -0.891. The summed E-state index contributed by atoms with van der Waals surface area (Å²) in [5, 5.41) is 8.08. The number of sulfone groups is 1. The molecule has 3 heterocycles. The van der Waals surface area contributed by atoms with Gasteiger partial charge in [-0.25, -0.2) is 13.4 Å². The first-order valence-corrected chi connectivity index (χ1v) is 12.0. The second-order valence-corrected chi connectivity index (χ2v) is 10.1. The molecule has 2 saturated heterocycles. The Morgan fingerprint density at radius 3 is 2.60 bits per heavy atom. The molecule has 0 aliphatic carbocycles. The number of likely N-dealkylation sites (tertiary alicyclic amines) is 1. The largest absolute Gasteiger partial charge is 0.339 e. The average molecular weight is 433 g/mol. The number of carbonyl (C=O) groups is 3. The molecule has 3 aliphatic rings. The monoisotopic (exact) mass is 432 g/mol. The van der Waals surface area contributed by atoms with Gasteiger partial charge < -0.3 is 10.2 Å². The van der Waals surface area contributed by atoms with Crippen LogP contribution in [0.4, 0.5) is 5.69 Å². The highest BCUT2D eigenvalue weighted by Gasteiger charge is 2.37. The van der Waals surface area contributed by atoms with Crippen LogP contribution >= 0.6 is 0 Å². The van der Waals surface area contributed by atoms with Crippen LogP contribution in [-0.4, -0.2) is 72.4 Å². The molecule has 0 radical (unpaired) electrons. The van der Waals surface area contributed by atoms with Crippen molar-refractivity contribution in [3.63, 3.8) is 0 Å². The Morgan fingerprint density at radius 1 is 1.13 bits per heavy atom.